The zero-order valence-corrected chi connectivity index (χ0v) is 12.2. The van der Waals surface area contributed by atoms with E-state index in [1.807, 2.05) is 13.0 Å². The van der Waals surface area contributed by atoms with E-state index in [9.17, 15) is 9.50 Å². The van der Waals surface area contributed by atoms with E-state index < -0.39 is 5.60 Å². The Morgan fingerprint density at radius 3 is 2.47 bits per heavy atom. The van der Waals surface area contributed by atoms with Crippen LogP contribution in [0.25, 0.3) is 0 Å². The Morgan fingerprint density at radius 2 is 1.89 bits per heavy atom. The molecule has 0 radical (unpaired) electrons. The van der Waals surface area contributed by atoms with Gasteiger partial charge in [0.15, 0.2) is 0 Å². The zero-order valence-electron chi connectivity index (χ0n) is 12.2. The Balaban J connectivity index is 2.30. The van der Waals surface area contributed by atoms with Crippen LogP contribution in [0.3, 0.4) is 0 Å². The first-order valence-corrected chi connectivity index (χ1v) is 7.46. The summed E-state index contributed by atoms with van der Waals surface area (Å²) in [5.41, 5.74) is -0.538. The van der Waals surface area contributed by atoms with Gasteiger partial charge in [0, 0.05) is 5.56 Å². The highest BCUT2D eigenvalue weighted by Gasteiger charge is 2.41. The van der Waals surface area contributed by atoms with Gasteiger partial charge in [0.25, 0.3) is 0 Å². The molecule has 2 heteroatoms. The largest absolute Gasteiger partial charge is 0.385 e. The first-order chi connectivity index (χ1) is 8.99. The Morgan fingerprint density at radius 1 is 1.21 bits per heavy atom. The summed E-state index contributed by atoms with van der Waals surface area (Å²) in [6.45, 7) is 6.47. The lowest BCUT2D eigenvalue weighted by Crippen LogP contribution is -2.39. The van der Waals surface area contributed by atoms with Gasteiger partial charge in [0.05, 0.1) is 5.60 Å². The third-order valence-electron chi connectivity index (χ3n) is 5.15. The summed E-state index contributed by atoms with van der Waals surface area (Å²) in [5, 5.41) is 11.1. The Labute approximate surface area is 115 Å². The Kier molecular flexibility index (Phi) is 4.29. The van der Waals surface area contributed by atoms with E-state index >= 15 is 0 Å². The second-order valence-corrected chi connectivity index (χ2v) is 6.22. The van der Waals surface area contributed by atoms with Gasteiger partial charge in [0.1, 0.15) is 5.82 Å². The third kappa shape index (κ3) is 2.69. The monoisotopic (exact) mass is 264 g/mol. The predicted octanol–water partition coefficient (Wildman–Crippen LogP) is 4.50. The lowest BCUT2D eigenvalue weighted by molar-refractivity contribution is -0.0582. The highest BCUT2D eigenvalue weighted by Crippen LogP contribution is 2.45. The smallest absolute Gasteiger partial charge is 0.129 e. The molecule has 19 heavy (non-hydrogen) atoms. The quantitative estimate of drug-likeness (QED) is 0.852. The molecule has 106 valence electrons. The molecule has 4 atom stereocenters. The molecule has 0 saturated heterocycles. The van der Waals surface area contributed by atoms with Crippen molar-refractivity contribution in [1.29, 1.82) is 0 Å². The first-order valence-electron chi connectivity index (χ1n) is 7.46. The maximum atomic E-state index is 14.0. The van der Waals surface area contributed by atoms with Crippen molar-refractivity contribution in [3.05, 3.63) is 35.6 Å². The highest BCUT2D eigenvalue weighted by molar-refractivity contribution is 5.25. The van der Waals surface area contributed by atoms with Crippen molar-refractivity contribution in [1.82, 2.24) is 0 Å². The van der Waals surface area contributed by atoms with Crippen molar-refractivity contribution in [2.75, 3.05) is 0 Å². The van der Waals surface area contributed by atoms with E-state index in [0.29, 0.717) is 23.8 Å². The van der Waals surface area contributed by atoms with Crippen LogP contribution in [0.4, 0.5) is 4.39 Å². The molecule has 4 unspecified atom stereocenters. The van der Waals surface area contributed by atoms with E-state index in [4.69, 9.17) is 0 Å². The van der Waals surface area contributed by atoms with Crippen LogP contribution in [-0.4, -0.2) is 5.11 Å². The SMILES string of the molecule is CCC(O)(c1ccccc1F)C1CCC(C)C(C)C1. The molecule has 0 aromatic heterocycles. The number of aliphatic hydroxyl groups is 1. The van der Waals surface area contributed by atoms with E-state index in [1.165, 1.54) is 6.07 Å². The molecule has 0 bridgehead atoms. The van der Waals surface area contributed by atoms with Gasteiger partial charge >= 0.3 is 0 Å². The summed E-state index contributed by atoms with van der Waals surface area (Å²) in [5.74, 6) is 1.19. The molecule has 1 aliphatic carbocycles. The van der Waals surface area contributed by atoms with E-state index in [2.05, 4.69) is 13.8 Å². The molecule has 0 aliphatic heterocycles. The number of halogens is 1. The molecule has 0 spiro atoms. The third-order valence-corrected chi connectivity index (χ3v) is 5.15. The minimum absolute atomic E-state index is 0.167. The summed E-state index contributed by atoms with van der Waals surface area (Å²) in [6.07, 6.45) is 3.67. The summed E-state index contributed by atoms with van der Waals surface area (Å²) in [6, 6.07) is 6.68. The lowest BCUT2D eigenvalue weighted by Gasteiger charge is -2.42. The summed E-state index contributed by atoms with van der Waals surface area (Å²) >= 11 is 0. The van der Waals surface area contributed by atoms with Crippen LogP contribution < -0.4 is 0 Å². The van der Waals surface area contributed by atoms with E-state index in [0.717, 1.165) is 19.3 Å². The van der Waals surface area contributed by atoms with Crippen molar-refractivity contribution in [2.45, 2.75) is 52.1 Å². The minimum atomic E-state index is -1.01. The Bertz CT molecular complexity index is 431. The van der Waals surface area contributed by atoms with Crippen LogP contribution in [0.15, 0.2) is 24.3 Å². The maximum Gasteiger partial charge on any atom is 0.129 e. The molecule has 0 heterocycles. The predicted molar refractivity (Wildman–Crippen MR) is 76.3 cm³/mol. The second-order valence-electron chi connectivity index (χ2n) is 6.22. The second kappa shape index (κ2) is 5.62. The molecule has 1 saturated carbocycles. The topological polar surface area (TPSA) is 20.2 Å². The number of hydrogen-bond acceptors (Lipinski definition) is 1. The van der Waals surface area contributed by atoms with Gasteiger partial charge in [0.2, 0.25) is 0 Å². The number of hydrogen-bond donors (Lipinski definition) is 1. The van der Waals surface area contributed by atoms with Crippen LogP contribution in [0.5, 0.6) is 0 Å². The fraction of sp³-hybridized carbons (Fsp3) is 0.647. The molecular weight excluding hydrogens is 239 g/mol. The highest BCUT2D eigenvalue weighted by atomic mass is 19.1. The molecule has 1 aliphatic rings. The number of benzene rings is 1. The number of rotatable bonds is 3. The van der Waals surface area contributed by atoms with E-state index in [-0.39, 0.29) is 11.7 Å². The summed E-state index contributed by atoms with van der Waals surface area (Å²) < 4.78 is 14.0. The molecule has 1 aromatic rings. The minimum Gasteiger partial charge on any atom is -0.385 e. The first kappa shape index (κ1) is 14.5. The van der Waals surface area contributed by atoms with Gasteiger partial charge < -0.3 is 5.11 Å². The molecule has 2 rings (SSSR count). The molecular formula is C17H25FO. The molecule has 0 amide bonds. The van der Waals surface area contributed by atoms with Crippen molar-refractivity contribution in [2.24, 2.45) is 17.8 Å². The van der Waals surface area contributed by atoms with Crippen molar-refractivity contribution in [3.63, 3.8) is 0 Å². The normalized spacial score (nSPS) is 30.9. The van der Waals surface area contributed by atoms with Crippen molar-refractivity contribution in [3.8, 4) is 0 Å². The average Bonchev–Trinajstić information content (AvgIpc) is 2.41. The van der Waals surface area contributed by atoms with Gasteiger partial charge in [-0.3, -0.25) is 0 Å². The van der Waals surface area contributed by atoms with Gasteiger partial charge in [-0.15, -0.1) is 0 Å². The van der Waals surface area contributed by atoms with Crippen LogP contribution in [0.2, 0.25) is 0 Å². The molecule has 1 fully saturated rings. The van der Waals surface area contributed by atoms with Gasteiger partial charge in [-0.1, -0.05) is 45.4 Å². The molecule has 1 aromatic carbocycles. The fourth-order valence-corrected chi connectivity index (χ4v) is 3.49. The van der Waals surface area contributed by atoms with Crippen LogP contribution >= 0.6 is 0 Å². The van der Waals surface area contributed by atoms with Crippen LogP contribution in [0, 0.1) is 23.6 Å². The lowest BCUT2D eigenvalue weighted by atomic mass is 9.66. The van der Waals surface area contributed by atoms with Gasteiger partial charge in [-0.2, -0.15) is 0 Å². The summed E-state index contributed by atoms with van der Waals surface area (Å²) in [4.78, 5) is 0. The fourth-order valence-electron chi connectivity index (χ4n) is 3.49. The van der Waals surface area contributed by atoms with Gasteiger partial charge in [-0.25, -0.2) is 4.39 Å². The molecule has 1 nitrogen and oxygen atoms in total. The standard InChI is InChI=1S/C17H25FO/c1-4-17(19,15-7-5-6-8-16(15)18)14-10-9-12(2)13(3)11-14/h5-8,12-14,19H,4,9-11H2,1-3H3. The van der Waals surface area contributed by atoms with Crippen molar-refractivity contribution >= 4 is 0 Å². The van der Waals surface area contributed by atoms with Crippen LogP contribution in [0.1, 0.15) is 52.0 Å². The average molecular weight is 264 g/mol. The van der Waals surface area contributed by atoms with E-state index in [1.54, 1.807) is 12.1 Å². The Hall–Kier alpha value is -0.890. The van der Waals surface area contributed by atoms with Gasteiger partial charge in [-0.05, 0) is 43.1 Å². The zero-order chi connectivity index (χ0) is 14.0. The molecule has 1 N–H and O–H groups in total. The van der Waals surface area contributed by atoms with Crippen molar-refractivity contribution < 1.29 is 9.50 Å². The summed E-state index contributed by atoms with van der Waals surface area (Å²) in [7, 11) is 0. The maximum absolute atomic E-state index is 14.0. The van der Waals surface area contributed by atoms with Crippen LogP contribution in [-0.2, 0) is 5.60 Å².